The summed E-state index contributed by atoms with van der Waals surface area (Å²) in [6.07, 6.45) is 4.10. The van der Waals surface area contributed by atoms with Crippen molar-refractivity contribution in [2.75, 3.05) is 6.54 Å². The van der Waals surface area contributed by atoms with Gasteiger partial charge in [0.05, 0.1) is 4.90 Å². The molecule has 136 valence electrons. The maximum Gasteiger partial charge on any atom is 0.243 e. The maximum atomic E-state index is 13.3. The van der Waals surface area contributed by atoms with Gasteiger partial charge in [0.1, 0.15) is 0 Å². The molecule has 26 heavy (non-hydrogen) atoms. The van der Waals surface area contributed by atoms with Gasteiger partial charge in [0.15, 0.2) is 0 Å². The first-order chi connectivity index (χ1) is 12.5. The van der Waals surface area contributed by atoms with E-state index in [0.29, 0.717) is 24.4 Å². The maximum absolute atomic E-state index is 13.3. The van der Waals surface area contributed by atoms with Crippen LogP contribution in [0.5, 0.6) is 0 Å². The third kappa shape index (κ3) is 4.38. The minimum atomic E-state index is -3.58. The first-order valence-corrected chi connectivity index (χ1v) is 10.8. The summed E-state index contributed by atoms with van der Waals surface area (Å²) in [6.45, 7) is 4.67. The smallest absolute Gasteiger partial charge is 0.243 e. The minimum absolute atomic E-state index is 0.314. The van der Waals surface area contributed by atoms with Gasteiger partial charge in [-0.15, -0.1) is 11.3 Å². The predicted molar refractivity (Wildman–Crippen MR) is 106 cm³/mol. The van der Waals surface area contributed by atoms with Crippen LogP contribution in [0.3, 0.4) is 0 Å². The lowest BCUT2D eigenvalue weighted by molar-refractivity contribution is 0.410. The second-order valence-electron chi connectivity index (χ2n) is 6.28. The number of rotatable bonds is 7. The number of nitrogens with zero attached hydrogens (tertiary/aromatic N) is 2. The molecule has 0 aliphatic carbocycles. The number of thiophene rings is 1. The number of pyridine rings is 1. The molecule has 0 unspecified atom stereocenters. The standard InChI is InChI=1S/C20H22N2O2S2/c1-16-7-8-20(13-17(16)2)26(23,24)22(11-9-19-6-4-12-25-19)15-18-5-3-10-21-14-18/h3-8,10,12-14H,9,11,15H2,1-2H3. The SMILES string of the molecule is Cc1ccc(S(=O)(=O)N(CCc2cccs2)Cc2cccnc2)cc1C. The molecule has 0 N–H and O–H groups in total. The summed E-state index contributed by atoms with van der Waals surface area (Å²) < 4.78 is 28.1. The Balaban J connectivity index is 1.90. The summed E-state index contributed by atoms with van der Waals surface area (Å²) in [5.74, 6) is 0. The third-order valence-electron chi connectivity index (χ3n) is 4.39. The highest BCUT2D eigenvalue weighted by atomic mass is 32.2. The van der Waals surface area contributed by atoms with Crippen LogP contribution in [-0.2, 0) is 23.0 Å². The van der Waals surface area contributed by atoms with Gasteiger partial charge in [0, 0.05) is 30.4 Å². The monoisotopic (exact) mass is 386 g/mol. The van der Waals surface area contributed by atoms with E-state index in [9.17, 15) is 8.42 Å². The first kappa shape index (κ1) is 18.8. The summed E-state index contributed by atoms with van der Waals surface area (Å²) in [5, 5.41) is 2.01. The molecule has 2 aromatic heterocycles. The molecular formula is C20H22N2O2S2. The average Bonchev–Trinajstić information content (AvgIpc) is 3.15. The Bertz CT molecular complexity index is 953. The molecule has 2 heterocycles. The molecule has 0 radical (unpaired) electrons. The Morgan fingerprint density at radius 2 is 1.92 bits per heavy atom. The molecule has 0 aliphatic rings. The van der Waals surface area contributed by atoms with Gasteiger partial charge in [-0.1, -0.05) is 18.2 Å². The topological polar surface area (TPSA) is 50.3 Å². The van der Waals surface area contributed by atoms with Crippen molar-refractivity contribution in [3.05, 3.63) is 81.8 Å². The van der Waals surface area contributed by atoms with E-state index in [1.807, 2.05) is 49.6 Å². The Hall–Kier alpha value is -2.02. The number of sulfonamides is 1. The van der Waals surface area contributed by atoms with E-state index < -0.39 is 10.0 Å². The van der Waals surface area contributed by atoms with Crippen molar-refractivity contribution in [2.24, 2.45) is 0 Å². The quantitative estimate of drug-likeness (QED) is 0.612. The van der Waals surface area contributed by atoms with Gasteiger partial charge in [-0.3, -0.25) is 4.98 Å². The Morgan fingerprint density at radius 3 is 2.58 bits per heavy atom. The van der Waals surface area contributed by atoms with Crippen molar-refractivity contribution in [3.8, 4) is 0 Å². The summed E-state index contributed by atoms with van der Waals surface area (Å²) in [5.41, 5.74) is 2.94. The molecular weight excluding hydrogens is 364 g/mol. The fourth-order valence-corrected chi connectivity index (χ4v) is 4.91. The molecule has 1 aromatic carbocycles. The van der Waals surface area contributed by atoms with Crippen molar-refractivity contribution in [3.63, 3.8) is 0 Å². The molecule has 6 heteroatoms. The first-order valence-electron chi connectivity index (χ1n) is 8.45. The second kappa shape index (κ2) is 8.12. The zero-order chi connectivity index (χ0) is 18.6. The predicted octanol–water partition coefficient (Wildman–Crippen LogP) is 4.19. The minimum Gasteiger partial charge on any atom is -0.264 e. The highest BCUT2D eigenvalue weighted by molar-refractivity contribution is 7.89. The lowest BCUT2D eigenvalue weighted by atomic mass is 10.1. The summed E-state index contributed by atoms with van der Waals surface area (Å²) in [7, 11) is -3.58. The van der Waals surface area contributed by atoms with E-state index in [1.165, 1.54) is 4.88 Å². The van der Waals surface area contributed by atoms with Gasteiger partial charge < -0.3 is 0 Å². The average molecular weight is 387 g/mol. The van der Waals surface area contributed by atoms with Crippen LogP contribution in [0.4, 0.5) is 0 Å². The van der Waals surface area contributed by atoms with E-state index in [0.717, 1.165) is 16.7 Å². The molecule has 0 fully saturated rings. The van der Waals surface area contributed by atoms with Crippen molar-refractivity contribution in [1.29, 1.82) is 0 Å². The van der Waals surface area contributed by atoms with E-state index in [2.05, 4.69) is 4.98 Å². The number of hydrogen-bond donors (Lipinski definition) is 0. The molecule has 3 rings (SSSR count). The molecule has 0 amide bonds. The van der Waals surface area contributed by atoms with Crippen LogP contribution >= 0.6 is 11.3 Å². The van der Waals surface area contributed by atoms with E-state index in [4.69, 9.17) is 0 Å². The van der Waals surface area contributed by atoms with Crippen LogP contribution in [0.25, 0.3) is 0 Å². The second-order valence-corrected chi connectivity index (χ2v) is 9.25. The number of aryl methyl sites for hydroxylation is 2. The number of benzene rings is 1. The van der Waals surface area contributed by atoms with Gasteiger partial charge in [0.25, 0.3) is 0 Å². The molecule has 0 aliphatic heterocycles. The fourth-order valence-electron chi connectivity index (χ4n) is 2.69. The normalized spacial score (nSPS) is 11.8. The highest BCUT2D eigenvalue weighted by Crippen LogP contribution is 2.22. The molecule has 0 atom stereocenters. The molecule has 0 bridgehead atoms. The van der Waals surface area contributed by atoms with Crippen LogP contribution in [0.15, 0.2) is 65.1 Å². The largest absolute Gasteiger partial charge is 0.264 e. The summed E-state index contributed by atoms with van der Waals surface area (Å²) in [6, 6.07) is 13.1. The zero-order valence-electron chi connectivity index (χ0n) is 14.9. The number of hydrogen-bond acceptors (Lipinski definition) is 4. The Morgan fingerprint density at radius 1 is 1.08 bits per heavy atom. The Labute approximate surface area is 159 Å². The Kier molecular flexibility index (Phi) is 5.86. The van der Waals surface area contributed by atoms with Crippen molar-refractivity contribution < 1.29 is 8.42 Å². The van der Waals surface area contributed by atoms with Crippen molar-refractivity contribution in [2.45, 2.75) is 31.7 Å². The summed E-state index contributed by atoms with van der Waals surface area (Å²) >= 11 is 1.65. The summed E-state index contributed by atoms with van der Waals surface area (Å²) in [4.78, 5) is 5.63. The van der Waals surface area contributed by atoms with Crippen molar-refractivity contribution in [1.82, 2.24) is 9.29 Å². The van der Waals surface area contributed by atoms with E-state index in [-0.39, 0.29) is 0 Å². The van der Waals surface area contributed by atoms with E-state index >= 15 is 0 Å². The molecule has 3 aromatic rings. The van der Waals surface area contributed by atoms with Gasteiger partial charge in [-0.05, 0) is 66.6 Å². The van der Waals surface area contributed by atoms with Gasteiger partial charge in [0.2, 0.25) is 10.0 Å². The fraction of sp³-hybridized carbons (Fsp3) is 0.250. The third-order valence-corrected chi connectivity index (χ3v) is 7.16. The van der Waals surface area contributed by atoms with Gasteiger partial charge in [-0.25, -0.2) is 8.42 Å². The van der Waals surface area contributed by atoms with Crippen LogP contribution in [-0.4, -0.2) is 24.3 Å². The van der Waals surface area contributed by atoms with E-state index in [1.54, 1.807) is 40.2 Å². The lowest BCUT2D eigenvalue weighted by Gasteiger charge is -2.22. The number of aromatic nitrogens is 1. The molecule has 0 saturated heterocycles. The highest BCUT2D eigenvalue weighted by Gasteiger charge is 2.25. The molecule has 0 saturated carbocycles. The van der Waals surface area contributed by atoms with Gasteiger partial charge in [-0.2, -0.15) is 4.31 Å². The van der Waals surface area contributed by atoms with Crippen LogP contribution in [0.1, 0.15) is 21.6 Å². The van der Waals surface area contributed by atoms with Crippen LogP contribution in [0, 0.1) is 13.8 Å². The van der Waals surface area contributed by atoms with Gasteiger partial charge >= 0.3 is 0 Å². The van der Waals surface area contributed by atoms with Crippen molar-refractivity contribution >= 4 is 21.4 Å². The molecule has 4 nitrogen and oxygen atoms in total. The van der Waals surface area contributed by atoms with Crippen LogP contribution in [0.2, 0.25) is 0 Å². The zero-order valence-corrected chi connectivity index (χ0v) is 16.6. The lowest BCUT2D eigenvalue weighted by Crippen LogP contribution is -2.32. The molecule has 0 spiro atoms. The van der Waals surface area contributed by atoms with Crippen LogP contribution < -0.4 is 0 Å².